The van der Waals surface area contributed by atoms with Crippen LogP contribution >= 0.6 is 0 Å². The molecule has 0 heterocycles. The van der Waals surface area contributed by atoms with Crippen molar-refractivity contribution in [2.75, 3.05) is 0 Å². The summed E-state index contributed by atoms with van der Waals surface area (Å²) in [6, 6.07) is 0. The first kappa shape index (κ1) is 18.3. The maximum atomic E-state index is 6.40. The molecule has 0 bridgehead atoms. The molecule has 0 radical (unpaired) electrons. The molecule has 0 spiro atoms. The van der Waals surface area contributed by atoms with Gasteiger partial charge in [0.05, 0.1) is 0 Å². The van der Waals surface area contributed by atoms with Gasteiger partial charge in [0.1, 0.15) is 11.2 Å². The first-order chi connectivity index (χ1) is 10.1. The van der Waals surface area contributed by atoms with Crippen molar-refractivity contribution in [1.29, 1.82) is 0 Å². The van der Waals surface area contributed by atoms with Gasteiger partial charge in [0.15, 0.2) is 0 Å². The Bertz CT molecular complexity index is 311. The summed E-state index contributed by atoms with van der Waals surface area (Å²) in [6.07, 6.45) is 12.3. The van der Waals surface area contributed by atoms with Crippen LogP contribution in [0.5, 0.6) is 0 Å². The van der Waals surface area contributed by atoms with E-state index in [1.807, 2.05) is 0 Å². The molecule has 2 fully saturated rings. The fraction of sp³-hybridized carbons (Fsp3) is 1.00. The van der Waals surface area contributed by atoms with Crippen molar-refractivity contribution in [3.63, 3.8) is 0 Å². The van der Waals surface area contributed by atoms with E-state index in [4.69, 9.17) is 9.78 Å². The molecule has 0 atom stereocenters. The standard InChI is InChI=1S/C20H38O2/c1-17(2,3)19(13-9-7-10-14-19)21-22-20(18(4,5)6)15-11-8-12-16-20/h7-16H2,1-6H3. The van der Waals surface area contributed by atoms with E-state index in [-0.39, 0.29) is 22.0 Å². The van der Waals surface area contributed by atoms with Gasteiger partial charge < -0.3 is 0 Å². The summed E-state index contributed by atoms with van der Waals surface area (Å²) in [6.45, 7) is 13.9. The van der Waals surface area contributed by atoms with E-state index in [1.165, 1.54) is 38.5 Å². The molecule has 2 rings (SSSR count). The zero-order valence-corrected chi connectivity index (χ0v) is 15.9. The second-order valence-corrected chi connectivity index (χ2v) is 9.78. The molecule has 0 N–H and O–H groups in total. The van der Waals surface area contributed by atoms with Gasteiger partial charge in [0.2, 0.25) is 0 Å². The number of hydrogen-bond donors (Lipinski definition) is 0. The SMILES string of the molecule is CC(C)(C)C1(OOC2(C(C)(C)C)CCCCC2)CCCCC1. The molecule has 2 saturated carbocycles. The third-order valence-corrected chi connectivity index (χ3v) is 6.42. The lowest BCUT2D eigenvalue weighted by Gasteiger charge is -2.51. The van der Waals surface area contributed by atoms with Crippen LogP contribution in [0, 0.1) is 10.8 Å². The zero-order chi connectivity index (χ0) is 16.5. The van der Waals surface area contributed by atoms with Crippen LogP contribution in [-0.4, -0.2) is 11.2 Å². The Hall–Kier alpha value is -0.0800. The predicted molar refractivity (Wildman–Crippen MR) is 92.7 cm³/mol. The zero-order valence-electron chi connectivity index (χ0n) is 15.9. The molecule has 130 valence electrons. The normalized spacial score (nSPS) is 25.9. The lowest BCUT2D eigenvalue weighted by atomic mass is 9.67. The largest absolute Gasteiger partial charge is 0.229 e. The summed E-state index contributed by atoms with van der Waals surface area (Å²) in [5.41, 5.74) is 0.0320. The first-order valence-corrected chi connectivity index (χ1v) is 9.49. The van der Waals surface area contributed by atoms with Crippen molar-refractivity contribution in [3.05, 3.63) is 0 Å². The van der Waals surface area contributed by atoms with Gasteiger partial charge >= 0.3 is 0 Å². The predicted octanol–water partition coefficient (Wildman–Crippen LogP) is 6.43. The monoisotopic (exact) mass is 310 g/mol. The second-order valence-electron chi connectivity index (χ2n) is 9.78. The highest BCUT2D eigenvalue weighted by molar-refractivity contribution is 4.96. The van der Waals surface area contributed by atoms with Gasteiger partial charge in [0.25, 0.3) is 0 Å². The Balaban J connectivity index is 2.16. The van der Waals surface area contributed by atoms with Crippen LogP contribution in [0.2, 0.25) is 0 Å². The highest BCUT2D eigenvalue weighted by atomic mass is 17.2. The minimum Gasteiger partial charge on any atom is -0.229 e. The van der Waals surface area contributed by atoms with Crippen LogP contribution in [0.4, 0.5) is 0 Å². The summed E-state index contributed by atoms with van der Waals surface area (Å²) in [4.78, 5) is 12.8. The van der Waals surface area contributed by atoms with Gasteiger partial charge in [-0.15, -0.1) is 0 Å². The molecule has 2 nitrogen and oxygen atoms in total. The molecule has 2 heteroatoms. The number of hydrogen-bond acceptors (Lipinski definition) is 2. The topological polar surface area (TPSA) is 18.5 Å². The van der Waals surface area contributed by atoms with Crippen molar-refractivity contribution in [2.24, 2.45) is 10.8 Å². The van der Waals surface area contributed by atoms with Crippen LogP contribution in [0.1, 0.15) is 106 Å². The van der Waals surface area contributed by atoms with E-state index in [1.54, 1.807) is 0 Å². The summed E-state index contributed by atoms with van der Waals surface area (Å²) in [7, 11) is 0. The van der Waals surface area contributed by atoms with Gasteiger partial charge in [-0.25, -0.2) is 9.78 Å². The fourth-order valence-corrected chi connectivity index (χ4v) is 4.32. The first-order valence-electron chi connectivity index (χ1n) is 9.49. The van der Waals surface area contributed by atoms with E-state index in [9.17, 15) is 0 Å². The van der Waals surface area contributed by atoms with Gasteiger partial charge in [-0.2, -0.15) is 0 Å². The average Bonchev–Trinajstić information content (AvgIpc) is 2.45. The van der Waals surface area contributed by atoms with Crippen molar-refractivity contribution in [2.45, 2.75) is 117 Å². The van der Waals surface area contributed by atoms with Crippen molar-refractivity contribution >= 4 is 0 Å². The lowest BCUT2D eigenvalue weighted by Crippen LogP contribution is -2.53. The molecule has 0 unspecified atom stereocenters. The van der Waals surface area contributed by atoms with Crippen LogP contribution in [-0.2, 0) is 9.78 Å². The highest BCUT2D eigenvalue weighted by Crippen LogP contribution is 2.50. The fourth-order valence-electron chi connectivity index (χ4n) is 4.32. The van der Waals surface area contributed by atoms with E-state index in [0.29, 0.717) is 0 Å². The average molecular weight is 311 g/mol. The Kier molecular flexibility index (Phi) is 5.34. The highest BCUT2D eigenvalue weighted by Gasteiger charge is 2.50. The Labute approximate surface area is 138 Å². The van der Waals surface area contributed by atoms with E-state index in [0.717, 1.165) is 25.7 Å². The van der Waals surface area contributed by atoms with Gasteiger partial charge in [0, 0.05) is 0 Å². The molecule has 0 saturated heterocycles. The number of rotatable bonds is 3. The van der Waals surface area contributed by atoms with Gasteiger partial charge in [-0.1, -0.05) is 80.1 Å². The smallest absolute Gasteiger partial charge is 0.108 e. The minimum atomic E-state index is -0.110. The lowest BCUT2D eigenvalue weighted by molar-refractivity contribution is -0.453. The Morgan fingerprint density at radius 2 is 0.773 bits per heavy atom. The molecular weight excluding hydrogens is 272 g/mol. The third-order valence-electron chi connectivity index (χ3n) is 6.42. The van der Waals surface area contributed by atoms with Crippen molar-refractivity contribution < 1.29 is 9.78 Å². The van der Waals surface area contributed by atoms with Crippen LogP contribution in [0.3, 0.4) is 0 Å². The maximum absolute atomic E-state index is 6.40. The Morgan fingerprint density at radius 1 is 0.500 bits per heavy atom. The van der Waals surface area contributed by atoms with Crippen molar-refractivity contribution in [3.8, 4) is 0 Å². The van der Waals surface area contributed by atoms with E-state index < -0.39 is 0 Å². The molecular formula is C20H38O2. The third kappa shape index (κ3) is 3.53. The summed E-state index contributed by atoms with van der Waals surface area (Å²) >= 11 is 0. The Morgan fingerprint density at radius 3 is 1.00 bits per heavy atom. The quantitative estimate of drug-likeness (QED) is 0.441. The van der Waals surface area contributed by atoms with Gasteiger partial charge in [-0.3, -0.25) is 0 Å². The summed E-state index contributed by atoms with van der Waals surface area (Å²) < 4.78 is 0. The van der Waals surface area contributed by atoms with Crippen LogP contribution in [0.15, 0.2) is 0 Å². The van der Waals surface area contributed by atoms with E-state index in [2.05, 4.69) is 41.5 Å². The molecule has 0 amide bonds. The molecule has 0 aromatic heterocycles. The summed E-state index contributed by atoms with van der Waals surface area (Å²) in [5, 5.41) is 0. The van der Waals surface area contributed by atoms with Crippen LogP contribution in [0.25, 0.3) is 0 Å². The van der Waals surface area contributed by atoms with Gasteiger partial charge in [-0.05, 0) is 36.5 Å². The van der Waals surface area contributed by atoms with Crippen molar-refractivity contribution in [1.82, 2.24) is 0 Å². The molecule has 0 aromatic rings. The second kappa shape index (κ2) is 6.43. The van der Waals surface area contributed by atoms with Crippen LogP contribution < -0.4 is 0 Å². The molecule has 0 aliphatic heterocycles. The summed E-state index contributed by atoms with van der Waals surface area (Å²) in [5.74, 6) is 0. The molecule has 0 aromatic carbocycles. The maximum Gasteiger partial charge on any atom is 0.108 e. The molecule has 2 aliphatic carbocycles. The minimum absolute atomic E-state index is 0.110. The van der Waals surface area contributed by atoms with E-state index >= 15 is 0 Å². The molecule has 2 aliphatic rings. The molecule has 22 heavy (non-hydrogen) atoms.